The topological polar surface area (TPSA) is 95.9 Å². The molecule has 0 heterocycles. The zero-order valence-corrected chi connectivity index (χ0v) is 20.3. The fourth-order valence-corrected chi connectivity index (χ4v) is 4.29. The van der Waals surface area contributed by atoms with Gasteiger partial charge in [-0.25, -0.2) is 9.59 Å². The van der Waals surface area contributed by atoms with Crippen LogP contribution in [0.15, 0.2) is 77.7 Å². The molecule has 0 aliphatic heterocycles. The van der Waals surface area contributed by atoms with Crippen molar-refractivity contribution < 1.29 is 24.5 Å². The summed E-state index contributed by atoms with van der Waals surface area (Å²) in [6.07, 6.45) is 4.54. The molecule has 1 amide bonds. The van der Waals surface area contributed by atoms with Crippen LogP contribution < -0.4 is 5.32 Å². The molecule has 0 aromatic heterocycles. The van der Waals surface area contributed by atoms with Gasteiger partial charge in [-0.05, 0) is 54.8 Å². The summed E-state index contributed by atoms with van der Waals surface area (Å²) in [7, 11) is 0. The summed E-state index contributed by atoms with van der Waals surface area (Å²) in [6, 6.07) is 18.3. The number of hydrogen-bond donors (Lipinski definition) is 3. The lowest BCUT2D eigenvalue weighted by molar-refractivity contribution is -0.131. The molecular formula is C27H29NO5S. The molecule has 178 valence electrons. The van der Waals surface area contributed by atoms with Crippen LogP contribution in [0, 0.1) is 5.41 Å². The number of aromatic hydroxyl groups is 1. The number of anilines is 1. The summed E-state index contributed by atoms with van der Waals surface area (Å²) in [5.74, 6) is -0.847. The summed E-state index contributed by atoms with van der Waals surface area (Å²) in [5.41, 5.74) is 0.857. The van der Waals surface area contributed by atoms with Crippen LogP contribution >= 0.6 is 11.8 Å². The first kappa shape index (κ1) is 25.2. The lowest BCUT2D eigenvalue weighted by Gasteiger charge is -2.35. The van der Waals surface area contributed by atoms with Crippen LogP contribution in [-0.4, -0.2) is 28.5 Å². The van der Waals surface area contributed by atoms with Gasteiger partial charge >= 0.3 is 12.1 Å². The number of phenols is 1. The summed E-state index contributed by atoms with van der Waals surface area (Å²) in [6.45, 7) is 3.96. The van der Waals surface area contributed by atoms with Gasteiger partial charge in [-0.1, -0.05) is 50.3 Å². The van der Waals surface area contributed by atoms with E-state index in [4.69, 9.17) is 9.84 Å². The third kappa shape index (κ3) is 6.32. The van der Waals surface area contributed by atoms with E-state index in [9.17, 15) is 14.7 Å². The number of rotatable bonds is 9. The van der Waals surface area contributed by atoms with Gasteiger partial charge in [0.15, 0.2) is 0 Å². The van der Waals surface area contributed by atoms with Crippen molar-refractivity contribution in [2.45, 2.75) is 37.7 Å². The summed E-state index contributed by atoms with van der Waals surface area (Å²) >= 11 is 1.61. The van der Waals surface area contributed by atoms with Crippen LogP contribution in [-0.2, 0) is 9.53 Å². The number of hydrogen-bond acceptors (Lipinski definition) is 5. The van der Waals surface area contributed by atoms with Gasteiger partial charge in [-0.3, -0.25) is 5.32 Å². The Kier molecular flexibility index (Phi) is 8.23. The molecule has 1 atom stereocenters. The van der Waals surface area contributed by atoms with Crippen molar-refractivity contribution in [3.8, 4) is 5.75 Å². The standard InChI is InChI=1S/C27H29NO5S/c1-27(2,17-7-6-10-24(30)31)25(22-15-16-23(29)21-9-5-4-8-20(21)22)33-26(32)28-18-11-13-19(34-3)14-12-18/h4-6,8-16,25,29H,7,17H2,1-3H3,(H,28,32)(H,30,31)/b10-6+/t25-/m0/s1. The highest BCUT2D eigenvalue weighted by Crippen LogP contribution is 2.44. The molecule has 0 unspecified atom stereocenters. The Bertz CT molecular complexity index is 1190. The smallest absolute Gasteiger partial charge is 0.412 e. The number of thioether (sulfide) groups is 1. The highest BCUT2D eigenvalue weighted by molar-refractivity contribution is 7.98. The largest absolute Gasteiger partial charge is 0.507 e. The van der Waals surface area contributed by atoms with Gasteiger partial charge in [0.1, 0.15) is 11.9 Å². The molecule has 0 saturated carbocycles. The molecule has 6 nitrogen and oxygen atoms in total. The minimum atomic E-state index is -0.998. The van der Waals surface area contributed by atoms with E-state index >= 15 is 0 Å². The number of benzene rings is 3. The Morgan fingerprint density at radius 2 is 1.74 bits per heavy atom. The maximum atomic E-state index is 12.9. The SMILES string of the molecule is CSc1ccc(NC(=O)O[C@@H](c2ccc(O)c3ccccc23)C(C)(C)CC/C=C/C(=O)O)cc1. The molecule has 0 radical (unpaired) electrons. The van der Waals surface area contributed by atoms with Crippen molar-refractivity contribution in [2.24, 2.45) is 5.41 Å². The monoisotopic (exact) mass is 479 g/mol. The number of aliphatic carboxylic acids is 1. The molecule has 3 N–H and O–H groups in total. The summed E-state index contributed by atoms with van der Waals surface area (Å²) in [4.78, 5) is 24.9. The van der Waals surface area contributed by atoms with Crippen LogP contribution in [0.1, 0.15) is 38.4 Å². The number of carbonyl (C=O) groups is 2. The minimum Gasteiger partial charge on any atom is -0.507 e. The number of carbonyl (C=O) groups excluding carboxylic acids is 1. The third-order valence-electron chi connectivity index (χ3n) is 5.70. The van der Waals surface area contributed by atoms with Crippen molar-refractivity contribution in [3.63, 3.8) is 0 Å². The zero-order valence-electron chi connectivity index (χ0n) is 19.4. The van der Waals surface area contributed by atoms with E-state index in [0.29, 0.717) is 23.9 Å². The summed E-state index contributed by atoms with van der Waals surface area (Å²) in [5, 5.41) is 23.5. The molecule has 34 heavy (non-hydrogen) atoms. The Morgan fingerprint density at radius 3 is 2.38 bits per heavy atom. The first-order valence-corrected chi connectivity index (χ1v) is 12.2. The number of amides is 1. The van der Waals surface area contributed by atoms with E-state index in [2.05, 4.69) is 5.32 Å². The maximum absolute atomic E-state index is 12.9. The van der Waals surface area contributed by atoms with Crippen LogP contribution in [0.5, 0.6) is 5.75 Å². The molecule has 0 saturated heterocycles. The molecule has 0 aliphatic carbocycles. The quantitative estimate of drug-likeness (QED) is 0.226. The van der Waals surface area contributed by atoms with Gasteiger partial charge < -0.3 is 14.9 Å². The predicted octanol–water partition coefficient (Wildman–Crippen LogP) is 7.00. The number of allylic oxidation sites excluding steroid dienone is 1. The lowest BCUT2D eigenvalue weighted by Crippen LogP contribution is -2.29. The maximum Gasteiger partial charge on any atom is 0.412 e. The first-order valence-electron chi connectivity index (χ1n) is 10.9. The highest BCUT2D eigenvalue weighted by atomic mass is 32.2. The van der Waals surface area contributed by atoms with Gasteiger partial charge in [0.25, 0.3) is 0 Å². The van der Waals surface area contributed by atoms with E-state index < -0.39 is 23.6 Å². The van der Waals surface area contributed by atoms with Gasteiger partial charge in [-0.2, -0.15) is 0 Å². The third-order valence-corrected chi connectivity index (χ3v) is 6.45. The van der Waals surface area contributed by atoms with E-state index in [1.807, 2.05) is 68.6 Å². The van der Waals surface area contributed by atoms with Crippen molar-refractivity contribution in [3.05, 3.63) is 78.4 Å². The molecule has 3 rings (SSSR count). The Labute approximate surface area is 203 Å². The Balaban J connectivity index is 1.92. The molecule has 3 aromatic carbocycles. The van der Waals surface area contributed by atoms with Gasteiger partial charge in [0.2, 0.25) is 0 Å². The van der Waals surface area contributed by atoms with Crippen LogP contribution in [0.25, 0.3) is 10.8 Å². The fourth-order valence-electron chi connectivity index (χ4n) is 3.88. The Morgan fingerprint density at radius 1 is 1.06 bits per heavy atom. The highest BCUT2D eigenvalue weighted by Gasteiger charge is 2.35. The average Bonchev–Trinajstić information content (AvgIpc) is 2.81. The molecular weight excluding hydrogens is 450 g/mol. The molecule has 7 heteroatoms. The zero-order chi connectivity index (χ0) is 24.7. The van der Waals surface area contributed by atoms with Crippen molar-refractivity contribution in [1.82, 2.24) is 0 Å². The number of carboxylic acid groups (broad SMARTS) is 1. The average molecular weight is 480 g/mol. The number of nitrogens with one attached hydrogen (secondary N) is 1. The first-order chi connectivity index (χ1) is 16.2. The molecule has 3 aromatic rings. The van der Waals surface area contributed by atoms with Crippen molar-refractivity contribution in [1.29, 1.82) is 0 Å². The predicted molar refractivity (Wildman–Crippen MR) is 136 cm³/mol. The number of carboxylic acids is 1. The molecule has 0 aliphatic rings. The van der Waals surface area contributed by atoms with E-state index in [-0.39, 0.29) is 5.75 Å². The summed E-state index contributed by atoms with van der Waals surface area (Å²) < 4.78 is 6.01. The number of ether oxygens (including phenoxy) is 1. The van der Waals surface area contributed by atoms with Crippen LogP contribution in [0.4, 0.5) is 10.5 Å². The lowest BCUT2D eigenvalue weighted by atomic mass is 9.77. The van der Waals surface area contributed by atoms with Gasteiger partial charge in [0.05, 0.1) is 0 Å². The second-order valence-corrected chi connectivity index (χ2v) is 9.51. The molecule has 0 bridgehead atoms. The van der Waals surface area contributed by atoms with E-state index in [1.54, 1.807) is 30.0 Å². The van der Waals surface area contributed by atoms with Gasteiger partial charge in [0, 0.05) is 33.0 Å². The van der Waals surface area contributed by atoms with Crippen LogP contribution in [0.2, 0.25) is 0 Å². The molecule has 0 spiro atoms. The second kappa shape index (κ2) is 11.1. The molecule has 0 fully saturated rings. The number of fused-ring (bicyclic) bond motifs is 1. The Hall–Kier alpha value is -3.45. The van der Waals surface area contributed by atoms with Crippen molar-refractivity contribution in [2.75, 3.05) is 11.6 Å². The van der Waals surface area contributed by atoms with Gasteiger partial charge in [-0.15, -0.1) is 11.8 Å². The van der Waals surface area contributed by atoms with Crippen molar-refractivity contribution >= 4 is 40.3 Å². The van der Waals surface area contributed by atoms with E-state index in [0.717, 1.165) is 21.9 Å². The number of phenolic OH excluding ortho intramolecular Hbond substituents is 1. The fraction of sp³-hybridized carbons (Fsp3) is 0.259. The van der Waals surface area contributed by atoms with E-state index in [1.165, 1.54) is 0 Å². The van der Waals surface area contributed by atoms with Crippen LogP contribution in [0.3, 0.4) is 0 Å². The minimum absolute atomic E-state index is 0.152. The normalized spacial score (nSPS) is 12.6. The second-order valence-electron chi connectivity index (χ2n) is 8.63.